The number of hydrogen-bond donors (Lipinski definition) is 0. The predicted octanol–water partition coefficient (Wildman–Crippen LogP) is 7.09. The first-order valence-electron chi connectivity index (χ1n) is 13.7. The van der Waals surface area contributed by atoms with Gasteiger partial charge in [0.1, 0.15) is 16.5 Å². The highest BCUT2D eigenvalue weighted by Gasteiger charge is 2.47. The van der Waals surface area contributed by atoms with E-state index in [1.807, 2.05) is 10.9 Å². The van der Waals surface area contributed by atoms with Gasteiger partial charge in [0.15, 0.2) is 0 Å². The summed E-state index contributed by atoms with van der Waals surface area (Å²) >= 11 is 6.36. The molecule has 0 bridgehead atoms. The molecule has 1 saturated carbocycles. The van der Waals surface area contributed by atoms with E-state index >= 15 is 0 Å². The van der Waals surface area contributed by atoms with Crippen molar-refractivity contribution < 1.29 is 17.2 Å². The van der Waals surface area contributed by atoms with Crippen LogP contribution >= 0.6 is 11.6 Å². The molecule has 2 atom stereocenters. The number of sulfonamides is 1. The summed E-state index contributed by atoms with van der Waals surface area (Å²) < 4.78 is 59.3. The van der Waals surface area contributed by atoms with E-state index in [9.17, 15) is 17.2 Å². The standard InChI is InChI=1S/C32H30ClF2N3O2S/c1-32-19-23-20-36-38(27-14-12-26(34)13-15-27)30(23)18-24(32)10-11-25(32)21-37(17-16-22-6-2-4-8-29(22)35)41(39,40)31-9-5-3-7-28(31)33/h2-9,12-15,18,20,25H,10-11,16-17,19,21H2,1H3/t25?,32-/m0/s1. The third-order valence-corrected chi connectivity index (χ3v) is 11.1. The number of rotatable bonds is 8. The molecule has 0 aliphatic heterocycles. The van der Waals surface area contributed by atoms with E-state index in [-0.39, 0.29) is 52.4 Å². The Kier molecular flexibility index (Phi) is 7.34. The second-order valence-electron chi connectivity index (χ2n) is 11.1. The van der Waals surface area contributed by atoms with E-state index in [1.165, 1.54) is 34.1 Å². The molecule has 212 valence electrons. The van der Waals surface area contributed by atoms with E-state index in [0.717, 1.165) is 29.8 Å². The molecule has 4 aromatic rings. The summed E-state index contributed by atoms with van der Waals surface area (Å²) in [6.07, 6.45) is 6.64. The average molecular weight is 594 g/mol. The maximum Gasteiger partial charge on any atom is 0.244 e. The lowest BCUT2D eigenvalue weighted by atomic mass is 9.70. The Morgan fingerprint density at radius 2 is 1.78 bits per heavy atom. The lowest BCUT2D eigenvalue weighted by molar-refractivity contribution is 0.221. The van der Waals surface area contributed by atoms with Gasteiger partial charge in [-0.2, -0.15) is 9.40 Å². The summed E-state index contributed by atoms with van der Waals surface area (Å²) in [5, 5.41) is 4.76. The Morgan fingerprint density at radius 3 is 2.54 bits per heavy atom. The van der Waals surface area contributed by atoms with Gasteiger partial charge < -0.3 is 0 Å². The van der Waals surface area contributed by atoms with Crippen molar-refractivity contribution in [1.29, 1.82) is 0 Å². The molecule has 1 heterocycles. The van der Waals surface area contributed by atoms with E-state index in [1.54, 1.807) is 48.5 Å². The first-order chi connectivity index (χ1) is 19.7. The minimum absolute atomic E-state index is 0.0361. The summed E-state index contributed by atoms with van der Waals surface area (Å²) in [4.78, 5) is 0.0561. The fourth-order valence-corrected chi connectivity index (χ4v) is 8.29. The molecule has 2 aliphatic carbocycles. The van der Waals surface area contributed by atoms with Crippen molar-refractivity contribution in [2.75, 3.05) is 13.1 Å². The maximum atomic E-state index is 14.5. The average Bonchev–Trinajstić information content (AvgIpc) is 3.50. The molecule has 1 aromatic heterocycles. The Bertz CT molecular complexity index is 1740. The predicted molar refractivity (Wildman–Crippen MR) is 156 cm³/mol. The summed E-state index contributed by atoms with van der Waals surface area (Å²) in [7, 11) is -3.95. The summed E-state index contributed by atoms with van der Waals surface area (Å²) in [5.41, 5.74) is 4.29. The number of aromatic nitrogens is 2. The van der Waals surface area contributed by atoms with Crippen LogP contribution in [0.4, 0.5) is 8.78 Å². The Hall–Kier alpha value is -3.33. The fraction of sp³-hybridized carbons (Fsp3) is 0.281. The first-order valence-corrected chi connectivity index (χ1v) is 15.5. The second kappa shape index (κ2) is 10.8. The third kappa shape index (κ3) is 5.13. The van der Waals surface area contributed by atoms with Gasteiger partial charge in [-0.25, -0.2) is 21.9 Å². The van der Waals surface area contributed by atoms with Crippen molar-refractivity contribution in [2.24, 2.45) is 11.3 Å². The molecule has 0 saturated heterocycles. The molecule has 5 nitrogen and oxygen atoms in total. The molecule has 0 radical (unpaired) electrons. The molecule has 1 unspecified atom stereocenters. The fourth-order valence-electron chi connectivity index (χ4n) is 6.31. The molecule has 3 aromatic carbocycles. The van der Waals surface area contributed by atoms with Crippen molar-refractivity contribution in [2.45, 2.75) is 37.5 Å². The van der Waals surface area contributed by atoms with E-state index < -0.39 is 10.0 Å². The highest BCUT2D eigenvalue weighted by molar-refractivity contribution is 7.89. The molecular formula is C32H30ClF2N3O2S. The van der Waals surface area contributed by atoms with Gasteiger partial charge in [-0.1, -0.05) is 54.4 Å². The Labute approximate surface area is 244 Å². The summed E-state index contributed by atoms with van der Waals surface area (Å²) in [5.74, 6) is -0.613. The van der Waals surface area contributed by atoms with Crippen LogP contribution in [0, 0.1) is 23.0 Å². The number of allylic oxidation sites excluding steroid dienone is 1. The third-order valence-electron chi connectivity index (χ3n) is 8.69. The van der Waals surface area contributed by atoms with Crippen LogP contribution in [0.15, 0.2) is 89.5 Å². The lowest BCUT2D eigenvalue weighted by Crippen LogP contribution is -2.41. The van der Waals surface area contributed by atoms with Crippen LogP contribution in [0.25, 0.3) is 11.8 Å². The SMILES string of the molecule is C[C@]12Cc3cnn(-c4ccc(F)cc4)c3C=C1CCC2CN(CCc1ccccc1F)S(=O)(=O)c1ccccc1Cl. The van der Waals surface area contributed by atoms with Gasteiger partial charge in [0, 0.05) is 13.1 Å². The van der Waals surface area contributed by atoms with Gasteiger partial charge in [0.25, 0.3) is 0 Å². The van der Waals surface area contributed by atoms with Gasteiger partial charge in [-0.05, 0) is 96.7 Å². The van der Waals surface area contributed by atoms with E-state index in [4.69, 9.17) is 11.6 Å². The maximum absolute atomic E-state index is 14.5. The van der Waals surface area contributed by atoms with Crippen molar-refractivity contribution in [1.82, 2.24) is 14.1 Å². The minimum Gasteiger partial charge on any atom is -0.233 e. The number of nitrogens with zero attached hydrogens (tertiary/aromatic N) is 3. The van der Waals surface area contributed by atoms with Gasteiger partial charge >= 0.3 is 0 Å². The number of benzene rings is 3. The van der Waals surface area contributed by atoms with Gasteiger partial charge in [0.2, 0.25) is 10.0 Å². The summed E-state index contributed by atoms with van der Waals surface area (Å²) in [6.45, 7) is 2.62. The van der Waals surface area contributed by atoms with Crippen LogP contribution in [0.2, 0.25) is 5.02 Å². The molecular weight excluding hydrogens is 564 g/mol. The summed E-state index contributed by atoms with van der Waals surface area (Å²) in [6, 6.07) is 19.2. The minimum atomic E-state index is -3.95. The molecule has 6 rings (SSSR count). The van der Waals surface area contributed by atoms with Crippen molar-refractivity contribution in [3.8, 4) is 5.69 Å². The van der Waals surface area contributed by atoms with Gasteiger partial charge in [0.05, 0.1) is 22.6 Å². The zero-order chi connectivity index (χ0) is 28.8. The highest BCUT2D eigenvalue weighted by Crippen LogP contribution is 2.53. The van der Waals surface area contributed by atoms with Crippen LogP contribution in [-0.2, 0) is 22.9 Å². The van der Waals surface area contributed by atoms with Crippen molar-refractivity contribution >= 4 is 27.7 Å². The van der Waals surface area contributed by atoms with Gasteiger partial charge in [-0.3, -0.25) is 0 Å². The first kappa shape index (κ1) is 27.8. The van der Waals surface area contributed by atoms with Crippen LogP contribution < -0.4 is 0 Å². The Morgan fingerprint density at radius 1 is 1.05 bits per heavy atom. The Balaban J connectivity index is 1.31. The van der Waals surface area contributed by atoms with E-state index in [0.29, 0.717) is 12.0 Å². The zero-order valence-electron chi connectivity index (χ0n) is 22.6. The van der Waals surface area contributed by atoms with Crippen molar-refractivity contribution in [3.63, 3.8) is 0 Å². The number of fused-ring (bicyclic) bond motifs is 2. The quantitative estimate of drug-likeness (QED) is 0.219. The second-order valence-corrected chi connectivity index (χ2v) is 13.4. The molecule has 1 fully saturated rings. The lowest BCUT2D eigenvalue weighted by Gasteiger charge is -2.38. The molecule has 41 heavy (non-hydrogen) atoms. The number of halogens is 3. The molecule has 0 N–H and O–H groups in total. The van der Waals surface area contributed by atoms with Crippen LogP contribution in [0.5, 0.6) is 0 Å². The largest absolute Gasteiger partial charge is 0.244 e. The van der Waals surface area contributed by atoms with Crippen LogP contribution in [0.1, 0.15) is 36.6 Å². The molecule has 9 heteroatoms. The number of hydrogen-bond acceptors (Lipinski definition) is 3. The zero-order valence-corrected chi connectivity index (χ0v) is 24.2. The highest BCUT2D eigenvalue weighted by atomic mass is 35.5. The topological polar surface area (TPSA) is 55.2 Å². The molecule has 0 spiro atoms. The van der Waals surface area contributed by atoms with Crippen molar-refractivity contribution in [3.05, 3.63) is 118 Å². The van der Waals surface area contributed by atoms with Crippen LogP contribution in [-0.4, -0.2) is 35.6 Å². The van der Waals surface area contributed by atoms with Gasteiger partial charge in [-0.15, -0.1) is 0 Å². The normalized spacial score (nSPS) is 20.1. The van der Waals surface area contributed by atoms with E-state index in [2.05, 4.69) is 18.1 Å². The molecule has 0 amide bonds. The van der Waals surface area contributed by atoms with Crippen LogP contribution in [0.3, 0.4) is 0 Å². The smallest absolute Gasteiger partial charge is 0.233 e. The monoisotopic (exact) mass is 593 g/mol. The molecule has 2 aliphatic rings.